The molecule has 0 bridgehead atoms. The second-order valence-corrected chi connectivity index (χ2v) is 7.65. The molecule has 0 radical (unpaired) electrons. The molecule has 0 unspecified atom stereocenters. The molecule has 0 atom stereocenters. The molecule has 3 N–H and O–H groups in total. The van der Waals surface area contributed by atoms with Gasteiger partial charge < -0.3 is 11.1 Å². The number of nitrogens with two attached hydrogens (primary N) is 1. The Balaban J connectivity index is 2.83. The smallest absolute Gasteiger partial charge is 0.0481 e. The van der Waals surface area contributed by atoms with Crippen molar-refractivity contribution in [2.24, 2.45) is 5.41 Å². The van der Waals surface area contributed by atoms with Gasteiger partial charge >= 0.3 is 0 Å². The summed E-state index contributed by atoms with van der Waals surface area (Å²) in [6.07, 6.45) is 1.11. The molecule has 1 aromatic carbocycles. The van der Waals surface area contributed by atoms with Gasteiger partial charge in [0.2, 0.25) is 0 Å². The average Bonchev–Trinajstić information content (AvgIpc) is 2.05. The van der Waals surface area contributed by atoms with Crippen LogP contribution in [0.4, 0.5) is 11.4 Å². The van der Waals surface area contributed by atoms with Crippen molar-refractivity contribution in [1.82, 2.24) is 0 Å². The second kappa shape index (κ2) is 5.04. The zero-order valence-corrected chi connectivity index (χ0v) is 13.6. The van der Waals surface area contributed by atoms with Crippen molar-refractivity contribution in [1.29, 1.82) is 0 Å². The first-order valence-electron chi connectivity index (χ1n) is 5.92. The standard InChI is InChI=1S/C14H23IN2/c1-13(2,3)9-14(4,5)17-12-7-6-10(16)8-11(12)15/h6-8,17H,9,16H2,1-5H3. The molecule has 0 aliphatic rings. The third-order valence-electron chi connectivity index (χ3n) is 2.44. The average molecular weight is 346 g/mol. The molecule has 17 heavy (non-hydrogen) atoms. The van der Waals surface area contributed by atoms with Gasteiger partial charge in [-0.2, -0.15) is 0 Å². The fourth-order valence-electron chi connectivity index (χ4n) is 2.37. The third-order valence-corrected chi connectivity index (χ3v) is 3.33. The van der Waals surface area contributed by atoms with Crippen LogP contribution >= 0.6 is 22.6 Å². The van der Waals surface area contributed by atoms with Gasteiger partial charge in [-0.05, 0) is 66.5 Å². The molecule has 0 aliphatic carbocycles. The molecule has 1 aromatic rings. The molecular weight excluding hydrogens is 323 g/mol. The Morgan fingerprint density at radius 1 is 1.18 bits per heavy atom. The first-order chi connectivity index (χ1) is 7.59. The maximum absolute atomic E-state index is 5.76. The van der Waals surface area contributed by atoms with Crippen molar-refractivity contribution in [3.63, 3.8) is 0 Å². The van der Waals surface area contributed by atoms with Crippen LogP contribution in [0.3, 0.4) is 0 Å². The summed E-state index contributed by atoms with van der Waals surface area (Å²) >= 11 is 2.32. The van der Waals surface area contributed by atoms with Crippen LogP contribution in [0.15, 0.2) is 18.2 Å². The van der Waals surface area contributed by atoms with E-state index in [1.807, 2.05) is 12.1 Å². The Kier molecular flexibility index (Phi) is 4.33. The van der Waals surface area contributed by atoms with E-state index in [0.29, 0.717) is 5.41 Å². The molecule has 0 aliphatic heterocycles. The van der Waals surface area contributed by atoms with Gasteiger partial charge in [-0.25, -0.2) is 0 Å². The summed E-state index contributed by atoms with van der Waals surface area (Å²) in [6, 6.07) is 6.00. The van der Waals surface area contributed by atoms with E-state index in [-0.39, 0.29) is 5.54 Å². The van der Waals surface area contributed by atoms with Crippen LogP contribution in [-0.4, -0.2) is 5.54 Å². The zero-order chi connectivity index (χ0) is 13.3. The molecule has 0 saturated carbocycles. The Hall–Kier alpha value is -0.450. The minimum absolute atomic E-state index is 0.0777. The van der Waals surface area contributed by atoms with Crippen molar-refractivity contribution in [2.75, 3.05) is 11.1 Å². The molecule has 0 saturated heterocycles. The van der Waals surface area contributed by atoms with Crippen molar-refractivity contribution in [2.45, 2.75) is 46.6 Å². The summed E-state index contributed by atoms with van der Waals surface area (Å²) in [5.74, 6) is 0. The van der Waals surface area contributed by atoms with Gasteiger partial charge in [0.25, 0.3) is 0 Å². The second-order valence-electron chi connectivity index (χ2n) is 6.49. The van der Waals surface area contributed by atoms with Gasteiger partial charge in [-0.15, -0.1) is 0 Å². The van der Waals surface area contributed by atoms with Crippen molar-refractivity contribution in [3.05, 3.63) is 21.8 Å². The van der Waals surface area contributed by atoms with E-state index in [1.165, 1.54) is 3.57 Å². The Morgan fingerprint density at radius 2 is 1.76 bits per heavy atom. The predicted octanol–water partition coefficient (Wildman–Crippen LogP) is 4.50. The lowest BCUT2D eigenvalue weighted by atomic mass is 9.81. The summed E-state index contributed by atoms with van der Waals surface area (Å²) < 4.78 is 1.17. The number of hydrogen-bond donors (Lipinski definition) is 2. The molecule has 0 heterocycles. The first kappa shape index (κ1) is 14.6. The maximum Gasteiger partial charge on any atom is 0.0481 e. The predicted molar refractivity (Wildman–Crippen MR) is 85.3 cm³/mol. The lowest BCUT2D eigenvalue weighted by Crippen LogP contribution is -2.35. The van der Waals surface area contributed by atoms with E-state index < -0.39 is 0 Å². The van der Waals surface area contributed by atoms with E-state index >= 15 is 0 Å². The van der Waals surface area contributed by atoms with Gasteiger partial charge in [0.1, 0.15) is 0 Å². The van der Waals surface area contributed by atoms with E-state index in [0.717, 1.165) is 17.8 Å². The van der Waals surface area contributed by atoms with Gasteiger partial charge in [0.15, 0.2) is 0 Å². The molecular formula is C14H23IN2. The van der Waals surface area contributed by atoms with Crippen molar-refractivity contribution >= 4 is 34.0 Å². The molecule has 1 rings (SSSR count). The summed E-state index contributed by atoms with van der Waals surface area (Å²) in [4.78, 5) is 0. The highest BCUT2D eigenvalue weighted by Gasteiger charge is 2.25. The van der Waals surface area contributed by atoms with Crippen LogP contribution in [0.5, 0.6) is 0 Å². The third kappa shape index (κ3) is 5.15. The lowest BCUT2D eigenvalue weighted by molar-refractivity contribution is 0.302. The van der Waals surface area contributed by atoms with Crippen LogP contribution in [0, 0.1) is 8.99 Å². The first-order valence-corrected chi connectivity index (χ1v) is 7.00. The van der Waals surface area contributed by atoms with Crippen LogP contribution in [0.1, 0.15) is 41.0 Å². The number of benzene rings is 1. The summed E-state index contributed by atoms with van der Waals surface area (Å²) in [5.41, 5.74) is 8.13. The lowest BCUT2D eigenvalue weighted by Gasteiger charge is -2.34. The number of nitrogen functional groups attached to an aromatic ring is 1. The fourth-order valence-corrected chi connectivity index (χ4v) is 3.04. The number of halogens is 1. The van der Waals surface area contributed by atoms with Crippen LogP contribution in [0.2, 0.25) is 0 Å². The number of anilines is 2. The molecule has 0 aromatic heterocycles. The van der Waals surface area contributed by atoms with E-state index in [1.54, 1.807) is 0 Å². The molecule has 2 nitrogen and oxygen atoms in total. The minimum Gasteiger partial charge on any atom is -0.399 e. The zero-order valence-electron chi connectivity index (χ0n) is 11.4. The number of hydrogen-bond acceptors (Lipinski definition) is 2. The van der Waals surface area contributed by atoms with Gasteiger partial charge in [-0.3, -0.25) is 0 Å². The summed E-state index contributed by atoms with van der Waals surface area (Å²) in [5, 5.41) is 3.61. The highest BCUT2D eigenvalue weighted by molar-refractivity contribution is 14.1. The van der Waals surface area contributed by atoms with Gasteiger partial charge in [0.05, 0.1) is 0 Å². The van der Waals surface area contributed by atoms with Crippen molar-refractivity contribution < 1.29 is 0 Å². The largest absolute Gasteiger partial charge is 0.399 e. The number of nitrogens with one attached hydrogen (secondary N) is 1. The van der Waals surface area contributed by atoms with Gasteiger partial charge in [0, 0.05) is 20.5 Å². The topological polar surface area (TPSA) is 38.0 Å². The van der Waals surface area contributed by atoms with Crippen LogP contribution in [-0.2, 0) is 0 Å². The summed E-state index contributed by atoms with van der Waals surface area (Å²) in [7, 11) is 0. The van der Waals surface area contributed by atoms with E-state index in [4.69, 9.17) is 5.73 Å². The van der Waals surface area contributed by atoms with E-state index in [9.17, 15) is 0 Å². The molecule has 0 amide bonds. The molecule has 0 spiro atoms. The quantitative estimate of drug-likeness (QED) is 0.625. The summed E-state index contributed by atoms with van der Waals surface area (Å²) in [6.45, 7) is 11.3. The molecule has 96 valence electrons. The van der Waals surface area contributed by atoms with Gasteiger partial charge in [-0.1, -0.05) is 20.8 Å². The highest BCUT2D eigenvalue weighted by Crippen LogP contribution is 2.31. The minimum atomic E-state index is 0.0777. The Labute approximate surface area is 119 Å². The molecule has 3 heteroatoms. The van der Waals surface area contributed by atoms with Crippen molar-refractivity contribution in [3.8, 4) is 0 Å². The monoisotopic (exact) mass is 346 g/mol. The maximum atomic E-state index is 5.76. The Morgan fingerprint density at radius 3 is 2.24 bits per heavy atom. The molecule has 0 fully saturated rings. The highest BCUT2D eigenvalue weighted by atomic mass is 127. The SMILES string of the molecule is CC(C)(C)CC(C)(C)Nc1ccc(N)cc1I. The van der Waals surface area contributed by atoms with Crippen LogP contribution in [0.25, 0.3) is 0 Å². The normalized spacial score (nSPS) is 12.6. The number of rotatable bonds is 3. The Bertz CT molecular complexity index is 392. The fraction of sp³-hybridized carbons (Fsp3) is 0.571. The van der Waals surface area contributed by atoms with E-state index in [2.05, 4.69) is 68.6 Å². The van der Waals surface area contributed by atoms with Crippen LogP contribution < -0.4 is 11.1 Å².